The number of fused-ring (bicyclic) bond motifs is 1. The summed E-state index contributed by atoms with van der Waals surface area (Å²) in [5.41, 5.74) is 5.95. The minimum absolute atomic E-state index is 0.112. The van der Waals surface area contributed by atoms with Crippen LogP contribution in [0, 0.1) is 0 Å². The van der Waals surface area contributed by atoms with Gasteiger partial charge in [0.15, 0.2) is 0 Å². The first-order valence-electron chi connectivity index (χ1n) is 12.2. The molecule has 8 nitrogen and oxygen atoms in total. The fraction of sp³-hybridized carbons (Fsp3) is 0.214. The molecular weight excluding hydrogens is 518 g/mol. The number of aromatic nitrogens is 1. The van der Waals surface area contributed by atoms with Gasteiger partial charge >= 0.3 is 0 Å². The number of hydrogen-bond acceptors (Lipinski definition) is 9. The van der Waals surface area contributed by atoms with Crippen LogP contribution in [0.4, 0.5) is 11.4 Å². The van der Waals surface area contributed by atoms with Crippen LogP contribution < -0.4 is 20.7 Å². The van der Waals surface area contributed by atoms with Gasteiger partial charge in [0.1, 0.15) is 33.4 Å². The summed E-state index contributed by atoms with van der Waals surface area (Å²) in [7, 11) is -2.98. The van der Waals surface area contributed by atoms with Crippen LogP contribution in [-0.4, -0.2) is 38.3 Å². The highest BCUT2D eigenvalue weighted by molar-refractivity contribution is 7.90. The Kier molecular flexibility index (Phi) is 8.02. The van der Waals surface area contributed by atoms with E-state index in [-0.39, 0.29) is 11.9 Å². The molecule has 1 aliphatic rings. The van der Waals surface area contributed by atoms with Crippen LogP contribution in [0.2, 0.25) is 0 Å². The molecule has 4 aromatic rings. The molecule has 10 heteroatoms. The predicted molar refractivity (Wildman–Crippen MR) is 155 cm³/mol. The molecular formula is C28H29N5O3S2. The van der Waals surface area contributed by atoms with Crippen molar-refractivity contribution in [3.8, 4) is 17.0 Å². The van der Waals surface area contributed by atoms with Gasteiger partial charge in [-0.2, -0.15) is 0 Å². The molecule has 5 rings (SSSR count). The lowest BCUT2D eigenvalue weighted by atomic mass is 10.0. The highest BCUT2D eigenvalue weighted by atomic mass is 32.2. The lowest BCUT2D eigenvalue weighted by Gasteiger charge is -2.23. The summed E-state index contributed by atoms with van der Waals surface area (Å²) in [6.07, 6.45) is 2.70. The SMILES string of the molecule is CS(=O)(=O)CCNCc1nc(-c2ccc3c(c2)C(Nc2ccc(OCc4ccccc4)cc2)N=CN3)cs1. The summed E-state index contributed by atoms with van der Waals surface area (Å²) in [6.45, 7) is 1.47. The van der Waals surface area contributed by atoms with Crippen LogP contribution in [0.5, 0.6) is 5.75 Å². The van der Waals surface area contributed by atoms with Gasteiger partial charge in [-0.25, -0.2) is 18.4 Å². The number of rotatable bonds is 11. The van der Waals surface area contributed by atoms with E-state index >= 15 is 0 Å². The molecule has 1 unspecified atom stereocenters. The average Bonchev–Trinajstić information content (AvgIpc) is 3.40. The predicted octanol–water partition coefficient (Wildman–Crippen LogP) is 5.09. The number of hydrogen-bond donors (Lipinski definition) is 3. The number of anilines is 2. The maximum absolute atomic E-state index is 11.3. The highest BCUT2D eigenvalue weighted by Crippen LogP contribution is 2.34. The standard InChI is InChI=1S/C28H29N5O3S2/c1-38(34,35)14-13-29-16-27-33-26(18-37-27)21-7-12-25-24(15-21)28(31-19-30-25)32-22-8-10-23(11-9-22)36-17-20-5-3-2-4-6-20/h2-12,15,18-19,28-29,32H,13-14,16-17H2,1H3,(H,30,31). The first kappa shape index (κ1) is 25.9. The van der Waals surface area contributed by atoms with Crippen molar-refractivity contribution < 1.29 is 13.2 Å². The van der Waals surface area contributed by atoms with E-state index in [0.29, 0.717) is 19.7 Å². The molecule has 2 heterocycles. The monoisotopic (exact) mass is 547 g/mol. The molecule has 0 amide bonds. The van der Waals surface area contributed by atoms with E-state index in [1.165, 1.54) is 6.26 Å². The van der Waals surface area contributed by atoms with Crippen molar-refractivity contribution in [3.63, 3.8) is 0 Å². The number of ether oxygens (including phenoxy) is 1. The van der Waals surface area contributed by atoms with E-state index in [1.807, 2.05) is 72.1 Å². The van der Waals surface area contributed by atoms with Gasteiger partial charge in [-0.3, -0.25) is 0 Å². The van der Waals surface area contributed by atoms with E-state index in [4.69, 9.17) is 9.72 Å². The Morgan fingerprint density at radius 1 is 1.05 bits per heavy atom. The molecule has 0 aliphatic carbocycles. The Balaban J connectivity index is 1.23. The molecule has 0 bridgehead atoms. The second kappa shape index (κ2) is 11.8. The van der Waals surface area contributed by atoms with Crippen molar-refractivity contribution >= 4 is 38.9 Å². The van der Waals surface area contributed by atoms with Crippen LogP contribution in [0.25, 0.3) is 11.3 Å². The molecule has 1 aliphatic heterocycles. The fourth-order valence-electron chi connectivity index (χ4n) is 3.98. The molecule has 0 spiro atoms. The van der Waals surface area contributed by atoms with Crippen LogP contribution >= 0.6 is 11.3 Å². The summed E-state index contributed by atoms with van der Waals surface area (Å²) in [5, 5.41) is 12.8. The van der Waals surface area contributed by atoms with Gasteiger partial charge < -0.3 is 20.7 Å². The summed E-state index contributed by atoms with van der Waals surface area (Å²) >= 11 is 1.55. The molecule has 3 N–H and O–H groups in total. The van der Waals surface area contributed by atoms with Crippen molar-refractivity contribution in [2.45, 2.75) is 19.3 Å². The number of aliphatic imine (C=N–C) groups is 1. The van der Waals surface area contributed by atoms with Crippen molar-refractivity contribution in [2.75, 3.05) is 29.2 Å². The molecule has 0 saturated carbocycles. The number of benzene rings is 3. The molecule has 1 aromatic heterocycles. The first-order chi connectivity index (χ1) is 18.4. The van der Waals surface area contributed by atoms with Gasteiger partial charge in [0.25, 0.3) is 0 Å². The fourth-order valence-corrected chi connectivity index (χ4v) is 5.27. The second-order valence-corrected chi connectivity index (χ2v) is 12.2. The van der Waals surface area contributed by atoms with Crippen LogP contribution in [0.1, 0.15) is 22.3 Å². The third-order valence-corrected chi connectivity index (χ3v) is 7.76. The number of thiazole rings is 1. The zero-order valence-corrected chi connectivity index (χ0v) is 22.6. The smallest absolute Gasteiger partial charge is 0.148 e. The lowest BCUT2D eigenvalue weighted by Crippen LogP contribution is -2.21. The van der Waals surface area contributed by atoms with Gasteiger partial charge in [-0.05, 0) is 42.0 Å². The normalized spacial score (nSPS) is 14.5. The van der Waals surface area contributed by atoms with Gasteiger partial charge in [-0.15, -0.1) is 11.3 Å². The van der Waals surface area contributed by atoms with Gasteiger partial charge in [-0.1, -0.05) is 36.4 Å². The topological polar surface area (TPSA) is 105 Å². The van der Waals surface area contributed by atoms with E-state index in [1.54, 1.807) is 17.7 Å². The first-order valence-corrected chi connectivity index (χ1v) is 15.2. The Hall–Kier alpha value is -3.73. The third-order valence-electron chi connectivity index (χ3n) is 5.97. The van der Waals surface area contributed by atoms with Crippen LogP contribution in [0.3, 0.4) is 0 Å². The zero-order chi connectivity index (χ0) is 26.4. The second-order valence-electron chi connectivity index (χ2n) is 9.00. The van der Waals surface area contributed by atoms with E-state index in [0.717, 1.165) is 44.5 Å². The Morgan fingerprint density at radius 2 is 1.87 bits per heavy atom. The average molecular weight is 548 g/mol. The molecule has 196 valence electrons. The number of nitrogens with one attached hydrogen (secondary N) is 3. The largest absolute Gasteiger partial charge is 0.489 e. The van der Waals surface area contributed by atoms with Crippen LogP contribution in [-0.2, 0) is 23.0 Å². The summed E-state index contributed by atoms with van der Waals surface area (Å²) < 4.78 is 28.5. The molecule has 3 aromatic carbocycles. The number of sulfone groups is 1. The van der Waals surface area contributed by atoms with E-state index in [9.17, 15) is 8.42 Å². The lowest BCUT2D eigenvalue weighted by molar-refractivity contribution is 0.306. The molecule has 1 atom stereocenters. The van der Waals surface area contributed by atoms with Crippen molar-refractivity contribution in [2.24, 2.45) is 4.99 Å². The minimum atomic E-state index is -2.98. The summed E-state index contributed by atoms with van der Waals surface area (Å²) in [5.74, 6) is 0.919. The Bertz CT molecular complexity index is 1500. The molecule has 0 radical (unpaired) electrons. The minimum Gasteiger partial charge on any atom is -0.489 e. The van der Waals surface area contributed by atoms with Gasteiger partial charge in [0.2, 0.25) is 0 Å². The van der Waals surface area contributed by atoms with Gasteiger partial charge in [0, 0.05) is 47.2 Å². The maximum atomic E-state index is 11.3. The zero-order valence-electron chi connectivity index (χ0n) is 20.9. The molecule has 0 saturated heterocycles. The summed E-state index contributed by atoms with van der Waals surface area (Å²) in [4.78, 5) is 9.35. The van der Waals surface area contributed by atoms with Crippen molar-refractivity contribution in [1.29, 1.82) is 0 Å². The van der Waals surface area contributed by atoms with Crippen molar-refractivity contribution in [3.05, 3.63) is 94.3 Å². The van der Waals surface area contributed by atoms with E-state index < -0.39 is 9.84 Å². The van der Waals surface area contributed by atoms with Crippen molar-refractivity contribution in [1.82, 2.24) is 10.3 Å². The number of nitrogens with zero attached hydrogens (tertiary/aromatic N) is 2. The molecule has 0 fully saturated rings. The Morgan fingerprint density at radius 3 is 2.66 bits per heavy atom. The third kappa shape index (κ3) is 6.97. The van der Waals surface area contributed by atoms with Crippen LogP contribution in [0.15, 0.2) is 83.2 Å². The van der Waals surface area contributed by atoms with E-state index in [2.05, 4.69) is 27.0 Å². The van der Waals surface area contributed by atoms with Gasteiger partial charge in [0.05, 0.1) is 17.8 Å². The summed E-state index contributed by atoms with van der Waals surface area (Å²) in [6, 6.07) is 24.2. The molecule has 38 heavy (non-hydrogen) atoms. The Labute approximate surface area is 226 Å². The quantitative estimate of drug-likeness (QED) is 0.225. The maximum Gasteiger partial charge on any atom is 0.148 e. The highest BCUT2D eigenvalue weighted by Gasteiger charge is 2.19.